The molecule has 34 nitrogen and oxygen atoms in total. The van der Waals surface area contributed by atoms with Gasteiger partial charge >= 0.3 is 23.9 Å². The van der Waals surface area contributed by atoms with Crippen molar-refractivity contribution in [2.24, 2.45) is 36.6 Å². The molecule has 766 valence electrons. The van der Waals surface area contributed by atoms with E-state index in [2.05, 4.69) is 161 Å². The van der Waals surface area contributed by atoms with Crippen molar-refractivity contribution in [1.82, 2.24) is 97.5 Å². The summed E-state index contributed by atoms with van der Waals surface area (Å²) in [5.41, 5.74) is 53.5. The monoisotopic (exact) mass is 2330 g/mol. The van der Waals surface area contributed by atoms with Crippen molar-refractivity contribution in [3.63, 3.8) is 0 Å². The number of aliphatic carboxylic acids is 4. The highest BCUT2D eigenvalue weighted by Gasteiger charge is 2.36. The molecule has 0 aliphatic heterocycles. The number of nitrogens with zero attached hydrogens (tertiary/aromatic N) is 21. The highest BCUT2D eigenvalue weighted by atomic mass is 79.9. The highest BCUT2D eigenvalue weighted by Crippen LogP contribution is 2.50. The molecule has 4 aromatic carbocycles. The second-order valence-corrected chi connectivity index (χ2v) is 44.0. The van der Waals surface area contributed by atoms with E-state index >= 15 is 0 Å². The fraction of sp³-hybridized carbons (Fsp3) is 0.324. The fourth-order valence-electron chi connectivity index (χ4n) is 22.4. The number of nitrogen functional groups attached to an aromatic ring is 5. The van der Waals surface area contributed by atoms with Gasteiger partial charge in [0, 0.05) is 183 Å². The number of carbonyl (C=O) groups is 4. The lowest BCUT2D eigenvalue weighted by Crippen LogP contribution is -2.19. The van der Waals surface area contributed by atoms with E-state index in [9.17, 15) is 24.3 Å². The Labute approximate surface area is 903 Å². The number of carboxylic acids is 4. The lowest BCUT2D eigenvalue weighted by atomic mass is 9.78. The molecule has 24 rings (SSSR count). The number of pyridine rings is 4. The van der Waals surface area contributed by atoms with Gasteiger partial charge in [-0.2, -0.15) is 53.3 Å². The molecule has 2 atom stereocenters. The molecule has 0 amide bonds. The molecular weight excluding hydrogens is 2220 g/mol. The minimum atomic E-state index is -0.741. The first-order valence-corrected chi connectivity index (χ1v) is 54.5. The molecule has 39 heteroatoms. The smallest absolute Gasteiger partial charge is 0.303 e. The van der Waals surface area contributed by atoms with Crippen LogP contribution >= 0.6 is 79.6 Å². The van der Waals surface area contributed by atoms with E-state index in [0.717, 1.165) is 290 Å². The van der Waals surface area contributed by atoms with Gasteiger partial charge in [0.15, 0.2) is 28.2 Å². The molecule has 0 bridgehead atoms. The summed E-state index contributed by atoms with van der Waals surface area (Å²) in [7, 11) is 1.98. The molecule has 15 aromatic heterocycles. The normalized spacial score (nSPS) is 19.3. The van der Waals surface area contributed by atoms with Gasteiger partial charge in [-0.15, -0.1) is 0 Å². The number of benzene rings is 4. The molecule has 2 unspecified atom stereocenters. The zero-order valence-corrected chi connectivity index (χ0v) is 89.9. The minimum Gasteiger partial charge on any atom is -0.481 e. The van der Waals surface area contributed by atoms with Crippen molar-refractivity contribution < 1.29 is 39.6 Å². The van der Waals surface area contributed by atoms with Crippen molar-refractivity contribution in [2.45, 2.75) is 190 Å². The van der Waals surface area contributed by atoms with E-state index in [1.807, 2.05) is 152 Å². The molecular formula is C111H109Br5N26O8. The predicted octanol–water partition coefficient (Wildman–Crippen LogP) is 24.4. The van der Waals surface area contributed by atoms with Crippen molar-refractivity contribution >= 4 is 204 Å². The SMILES string of the molecule is Cn1ccc(-c2cnn3c(N)c(Br)c(C4CCC(CC(=O)O)CC4)nc23)c1.N#CCC1CCC(c2nc3c(-c4cnc5ccccc5c4)cnn3c(N)c2Br)CC1.Nc1c(Br)c(C2CCC(CC(=O)O)CC2)nc2c(-c3cnc4ccccc4c3)cnn12.Nc1c(Br)c(C2CCC(CC(=O)O)CC2)nc2c(-c3cnc4ccccc4c3)cnn12.Nc1c(Br)c(C2CCCC(CC(=O)O)C2)nc2c(-c3cnc4ccccc4c3)cnn12. The van der Waals surface area contributed by atoms with Gasteiger partial charge in [-0.05, 0) is 286 Å². The van der Waals surface area contributed by atoms with Crippen molar-refractivity contribution in [3.05, 3.63) is 246 Å². The fourth-order valence-corrected chi connectivity index (χ4v) is 25.3. The van der Waals surface area contributed by atoms with Gasteiger partial charge in [0.1, 0.15) is 29.1 Å². The maximum absolute atomic E-state index is 11.2. The number of hydrogen-bond donors (Lipinski definition) is 9. The van der Waals surface area contributed by atoms with E-state index in [1.165, 1.54) is 0 Å². The number of halogens is 5. The second kappa shape index (κ2) is 44.8. The largest absolute Gasteiger partial charge is 0.481 e. The predicted molar refractivity (Wildman–Crippen MR) is 596 cm³/mol. The van der Waals surface area contributed by atoms with E-state index in [1.54, 1.807) is 47.4 Å². The molecule has 150 heavy (non-hydrogen) atoms. The highest BCUT2D eigenvalue weighted by molar-refractivity contribution is 9.11. The Morgan fingerprint density at radius 2 is 0.580 bits per heavy atom. The van der Waals surface area contributed by atoms with E-state index in [0.29, 0.717) is 64.3 Å². The number of rotatable bonds is 19. The standard InChI is InChI=1S/C23H21BrN6.3C23H22BrN5O2.C19H22BrN5O2/c24-20-21(15-7-5-14(6-8-15)9-10-25)29-23-18(13-28-30(23)22(20)26)17-11-16-3-1-2-4-19(16)27-12-17;24-20-21(15-6-3-4-13(8-15)9-19(30)31)28-23-17(12-27-29(23)22(20)25)16-10-14-5-1-2-7-18(14)26-11-16;2*24-20-21(14-7-5-13(6-8-14)9-19(30)31)28-23-17(12-27-29(23)22(20)25)16-10-15-3-1-2-4-18(15)26-11-16;1-24-7-6-13(10-24)14-9-22-25-18(21)16(20)17(23-19(14)25)12-4-2-11(3-5-12)8-15(26)27/h1-4,11-15H,5-9,26H2;1-2,5,7,10-13,15H,3-4,6,8-9,25H2,(H,30,31);2*1-4,10-14H,5-9,25H2,(H,30,31);6-7,9-12H,2-5,8,21H2,1H3,(H,26,27). The molecule has 0 radical (unpaired) electrons. The number of carboxylic acid groups (broad SMARTS) is 4. The Bertz CT molecular complexity index is 8210. The Morgan fingerprint density at radius 1 is 0.327 bits per heavy atom. The number of fused-ring (bicyclic) bond motifs is 9. The molecule has 19 aromatic rings. The molecule has 15 heterocycles. The van der Waals surface area contributed by atoms with Gasteiger partial charge in [0.25, 0.3) is 0 Å². The van der Waals surface area contributed by atoms with Crippen LogP contribution in [0.25, 0.3) is 127 Å². The number of nitriles is 1. The van der Waals surface area contributed by atoms with Gasteiger partial charge in [-0.1, -0.05) is 79.2 Å². The number of hydrogen-bond acceptors (Lipinski definition) is 24. The van der Waals surface area contributed by atoms with Gasteiger partial charge in [-0.3, -0.25) is 39.1 Å². The topological polar surface area (TPSA) is 511 Å². The molecule has 5 aliphatic rings. The molecule has 0 saturated heterocycles. The number of aromatic nitrogens is 20. The first-order valence-electron chi connectivity index (χ1n) is 50.5. The van der Waals surface area contributed by atoms with Gasteiger partial charge in [0.05, 0.1) is 110 Å². The van der Waals surface area contributed by atoms with Crippen LogP contribution in [0.4, 0.5) is 29.1 Å². The summed E-state index contributed by atoms with van der Waals surface area (Å²) in [6, 6.07) is 44.8. The van der Waals surface area contributed by atoms with Crippen molar-refractivity contribution in [1.29, 1.82) is 5.26 Å². The zero-order valence-electron chi connectivity index (χ0n) is 82.0. The maximum atomic E-state index is 11.2. The Kier molecular flexibility index (Phi) is 30.7. The van der Waals surface area contributed by atoms with E-state index in [4.69, 9.17) is 74.2 Å². The van der Waals surface area contributed by atoms with Crippen molar-refractivity contribution in [2.75, 3.05) is 28.7 Å². The first kappa shape index (κ1) is 103. The molecule has 5 fully saturated rings. The third kappa shape index (κ3) is 21.8. The average molecular weight is 2330 g/mol. The Balaban J connectivity index is 0.000000113. The van der Waals surface area contributed by atoms with Gasteiger partial charge in [-0.25, -0.2) is 24.9 Å². The van der Waals surface area contributed by atoms with Crippen LogP contribution in [0.1, 0.15) is 219 Å². The number of nitrogens with two attached hydrogens (primary N) is 5. The average Bonchev–Trinajstić information content (AvgIpc) is 1.61. The minimum absolute atomic E-state index is 0.163. The van der Waals surface area contributed by atoms with Crippen LogP contribution in [0.2, 0.25) is 0 Å². The second-order valence-electron chi connectivity index (χ2n) is 40.0. The lowest BCUT2D eigenvalue weighted by molar-refractivity contribution is -0.139. The Morgan fingerprint density at radius 3 is 0.840 bits per heavy atom. The third-order valence-corrected chi connectivity index (χ3v) is 34.4. The van der Waals surface area contributed by atoms with Crippen LogP contribution in [0, 0.1) is 40.9 Å². The summed E-state index contributed by atoms with van der Waals surface area (Å²) in [5, 5.41) is 71.9. The van der Waals surface area contributed by atoms with E-state index < -0.39 is 23.9 Å². The number of para-hydroxylation sites is 4. The summed E-state index contributed by atoms with van der Waals surface area (Å²) in [6.07, 6.45) is 40.6. The summed E-state index contributed by atoms with van der Waals surface area (Å²) in [6.45, 7) is 0. The quantitative estimate of drug-likeness (QED) is 0.0363. The first-order chi connectivity index (χ1) is 72.6. The van der Waals surface area contributed by atoms with E-state index in [-0.39, 0.29) is 73.0 Å². The summed E-state index contributed by atoms with van der Waals surface area (Å²) in [5.74, 6) is 2.41. The van der Waals surface area contributed by atoms with Crippen LogP contribution in [0.5, 0.6) is 0 Å². The summed E-state index contributed by atoms with van der Waals surface area (Å²) >= 11 is 18.2. The van der Waals surface area contributed by atoms with Crippen LogP contribution in [-0.2, 0) is 26.2 Å². The molecule has 5 aliphatic carbocycles. The Hall–Kier alpha value is -14.3. The molecule has 5 saturated carbocycles. The maximum Gasteiger partial charge on any atom is 0.303 e. The van der Waals surface area contributed by atoms with Crippen LogP contribution in [0.3, 0.4) is 0 Å². The van der Waals surface area contributed by atoms with Crippen LogP contribution in [-0.4, -0.2) is 142 Å². The van der Waals surface area contributed by atoms with Gasteiger partial charge in [0.2, 0.25) is 0 Å². The summed E-state index contributed by atoms with van der Waals surface area (Å²) in [4.78, 5) is 87.5. The number of anilines is 5. The van der Waals surface area contributed by atoms with Gasteiger partial charge < -0.3 is 53.7 Å². The zero-order chi connectivity index (χ0) is 104. The third-order valence-electron chi connectivity index (χ3n) is 30.3. The molecule has 0 spiro atoms. The lowest BCUT2D eigenvalue weighted by Gasteiger charge is -2.28. The van der Waals surface area contributed by atoms with Crippen LogP contribution in [0.15, 0.2) is 218 Å². The number of aryl methyl sites for hydroxylation is 1. The van der Waals surface area contributed by atoms with Crippen molar-refractivity contribution in [3.8, 4) is 61.7 Å². The molecule has 14 N–H and O–H groups in total. The van der Waals surface area contributed by atoms with Crippen LogP contribution < -0.4 is 28.7 Å². The summed E-state index contributed by atoms with van der Waals surface area (Å²) < 4.78 is 14.2.